The van der Waals surface area contributed by atoms with Gasteiger partial charge in [-0.15, -0.1) is 11.3 Å². The summed E-state index contributed by atoms with van der Waals surface area (Å²) in [4.78, 5) is 20.6. The Kier molecular flexibility index (Phi) is 5.78. The molecule has 5 heteroatoms. The van der Waals surface area contributed by atoms with Gasteiger partial charge in [-0.05, 0) is 49.4 Å². The summed E-state index contributed by atoms with van der Waals surface area (Å²) in [5.41, 5.74) is 1.98. The average molecular weight is 372 g/mol. The molecule has 140 valence electrons. The van der Waals surface area contributed by atoms with Crippen LogP contribution in [-0.4, -0.2) is 28.4 Å². The molecule has 1 N–H and O–H groups in total. The SMILES string of the molecule is CC1CCCCN1Cc1cnc(NC(=O)c2ccc(C(C)(C)C)cc2)s1. The van der Waals surface area contributed by atoms with Gasteiger partial charge in [0, 0.05) is 29.2 Å². The van der Waals surface area contributed by atoms with Gasteiger partial charge < -0.3 is 0 Å². The average Bonchev–Trinajstić information content (AvgIpc) is 3.03. The predicted octanol–water partition coefficient (Wildman–Crippen LogP) is 5.07. The van der Waals surface area contributed by atoms with E-state index in [2.05, 4.69) is 42.9 Å². The predicted molar refractivity (Wildman–Crippen MR) is 109 cm³/mol. The Morgan fingerprint density at radius 3 is 2.65 bits per heavy atom. The summed E-state index contributed by atoms with van der Waals surface area (Å²) < 4.78 is 0. The second-order valence-corrected chi connectivity index (χ2v) is 9.34. The third-order valence-electron chi connectivity index (χ3n) is 5.09. The zero-order chi connectivity index (χ0) is 18.7. The number of anilines is 1. The molecule has 2 heterocycles. The first-order valence-corrected chi connectivity index (χ1v) is 10.3. The topological polar surface area (TPSA) is 45.2 Å². The van der Waals surface area contributed by atoms with E-state index < -0.39 is 0 Å². The van der Waals surface area contributed by atoms with Gasteiger partial charge in [0.05, 0.1) is 0 Å². The van der Waals surface area contributed by atoms with E-state index in [4.69, 9.17) is 0 Å². The number of nitrogens with one attached hydrogen (secondary N) is 1. The lowest BCUT2D eigenvalue weighted by Crippen LogP contribution is -2.36. The molecule has 1 fully saturated rings. The second-order valence-electron chi connectivity index (χ2n) is 8.23. The summed E-state index contributed by atoms with van der Waals surface area (Å²) in [7, 11) is 0. The first-order valence-electron chi connectivity index (χ1n) is 9.43. The van der Waals surface area contributed by atoms with Gasteiger partial charge in [-0.2, -0.15) is 0 Å². The Hall–Kier alpha value is -1.72. The highest BCUT2D eigenvalue weighted by Gasteiger charge is 2.19. The summed E-state index contributed by atoms with van der Waals surface area (Å²) in [5, 5.41) is 3.61. The summed E-state index contributed by atoms with van der Waals surface area (Å²) >= 11 is 1.57. The number of benzene rings is 1. The van der Waals surface area contributed by atoms with E-state index >= 15 is 0 Å². The van der Waals surface area contributed by atoms with Crippen LogP contribution in [0.3, 0.4) is 0 Å². The van der Waals surface area contributed by atoms with Gasteiger partial charge in [0.15, 0.2) is 5.13 Å². The van der Waals surface area contributed by atoms with Crippen molar-refractivity contribution in [3.05, 3.63) is 46.5 Å². The van der Waals surface area contributed by atoms with Gasteiger partial charge in [-0.3, -0.25) is 15.0 Å². The number of carbonyl (C=O) groups excluding carboxylic acids is 1. The molecule has 1 saturated heterocycles. The summed E-state index contributed by atoms with van der Waals surface area (Å²) in [6.45, 7) is 10.9. The van der Waals surface area contributed by atoms with Crippen LogP contribution in [0.15, 0.2) is 30.5 Å². The van der Waals surface area contributed by atoms with Crippen LogP contribution in [0, 0.1) is 0 Å². The minimum Gasteiger partial charge on any atom is -0.298 e. The van der Waals surface area contributed by atoms with Crippen molar-refractivity contribution in [2.45, 2.75) is 65.0 Å². The highest BCUT2D eigenvalue weighted by molar-refractivity contribution is 7.15. The van der Waals surface area contributed by atoms with Gasteiger partial charge in [-0.1, -0.05) is 39.3 Å². The quantitative estimate of drug-likeness (QED) is 0.816. The summed E-state index contributed by atoms with van der Waals surface area (Å²) in [6, 6.07) is 8.46. The van der Waals surface area contributed by atoms with Crippen molar-refractivity contribution in [1.29, 1.82) is 0 Å². The smallest absolute Gasteiger partial charge is 0.257 e. The molecule has 0 bridgehead atoms. The molecule has 0 saturated carbocycles. The van der Waals surface area contributed by atoms with Crippen molar-refractivity contribution >= 4 is 22.4 Å². The maximum Gasteiger partial charge on any atom is 0.257 e. The molecule has 1 aromatic heterocycles. The van der Waals surface area contributed by atoms with Crippen LogP contribution in [0.5, 0.6) is 0 Å². The second kappa shape index (κ2) is 7.89. The molecule has 1 atom stereocenters. The van der Waals surface area contributed by atoms with Crippen molar-refractivity contribution in [2.24, 2.45) is 0 Å². The van der Waals surface area contributed by atoms with Gasteiger partial charge in [0.1, 0.15) is 0 Å². The number of carbonyl (C=O) groups is 1. The van der Waals surface area contributed by atoms with Crippen LogP contribution in [0.4, 0.5) is 5.13 Å². The Labute approximate surface area is 160 Å². The monoisotopic (exact) mass is 371 g/mol. The fraction of sp³-hybridized carbons (Fsp3) is 0.524. The van der Waals surface area contributed by atoms with E-state index in [0.29, 0.717) is 16.7 Å². The maximum atomic E-state index is 12.5. The molecular weight excluding hydrogens is 342 g/mol. The van der Waals surface area contributed by atoms with Crippen molar-refractivity contribution in [3.8, 4) is 0 Å². The Morgan fingerprint density at radius 1 is 1.27 bits per heavy atom. The molecule has 1 aromatic carbocycles. The van der Waals surface area contributed by atoms with Crippen molar-refractivity contribution < 1.29 is 4.79 Å². The Balaban J connectivity index is 1.60. The first kappa shape index (κ1) is 19.1. The number of rotatable bonds is 4. The third-order valence-corrected chi connectivity index (χ3v) is 5.98. The molecule has 0 aliphatic carbocycles. The number of thiazole rings is 1. The van der Waals surface area contributed by atoms with Crippen LogP contribution >= 0.6 is 11.3 Å². The normalized spacial score (nSPS) is 18.7. The molecule has 26 heavy (non-hydrogen) atoms. The minimum absolute atomic E-state index is 0.0881. The number of amides is 1. The number of nitrogens with zero attached hydrogens (tertiary/aromatic N) is 2. The van der Waals surface area contributed by atoms with Crippen LogP contribution < -0.4 is 5.32 Å². The maximum absolute atomic E-state index is 12.5. The number of piperidine rings is 1. The molecule has 3 rings (SSSR count). The fourth-order valence-corrected chi connectivity index (χ4v) is 4.16. The molecule has 1 aliphatic rings. The lowest BCUT2D eigenvalue weighted by atomic mass is 9.87. The molecule has 0 radical (unpaired) electrons. The number of hydrogen-bond donors (Lipinski definition) is 1. The molecule has 1 aliphatic heterocycles. The van der Waals surface area contributed by atoms with Gasteiger partial charge >= 0.3 is 0 Å². The van der Waals surface area contributed by atoms with E-state index in [-0.39, 0.29) is 11.3 Å². The van der Waals surface area contributed by atoms with E-state index in [1.165, 1.54) is 29.7 Å². The van der Waals surface area contributed by atoms with Crippen molar-refractivity contribution in [3.63, 3.8) is 0 Å². The third kappa shape index (κ3) is 4.71. The molecular formula is C21H29N3OS. The van der Waals surface area contributed by atoms with Crippen LogP contribution in [0.1, 0.15) is 67.8 Å². The zero-order valence-electron chi connectivity index (χ0n) is 16.2. The Bertz CT molecular complexity index is 745. The number of aromatic nitrogens is 1. The van der Waals surface area contributed by atoms with Crippen LogP contribution in [-0.2, 0) is 12.0 Å². The van der Waals surface area contributed by atoms with E-state index in [0.717, 1.165) is 13.1 Å². The van der Waals surface area contributed by atoms with Crippen molar-refractivity contribution in [2.75, 3.05) is 11.9 Å². The lowest BCUT2D eigenvalue weighted by Gasteiger charge is -2.32. The van der Waals surface area contributed by atoms with Gasteiger partial charge in [0.25, 0.3) is 5.91 Å². The van der Waals surface area contributed by atoms with Crippen LogP contribution in [0.2, 0.25) is 0 Å². The highest BCUT2D eigenvalue weighted by Crippen LogP contribution is 2.25. The zero-order valence-corrected chi connectivity index (χ0v) is 17.0. The van der Waals surface area contributed by atoms with Gasteiger partial charge in [-0.25, -0.2) is 4.98 Å². The molecule has 2 aromatic rings. The standard InChI is InChI=1S/C21H29N3OS/c1-15-7-5-6-12-24(15)14-18-13-22-20(26-18)23-19(25)16-8-10-17(11-9-16)21(2,3)4/h8-11,13,15H,5-7,12,14H2,1-4H3,(H,22,23,25). The van der Waals surface area contributed by atoms with E-state index in [1.807, 2.05) is 30.5 Å². The first-order chi connectivity index (χ1) is 12.3. The van der Waals surface area contributed by atoms with Crippen LogP contribution in [0.25, 0.3) is 0 Å². The number of likely N-dealkylation sites (tertiary alicyclic amines) is 1. The molecule has 1 amide bonds. The largest absolute Gasteiger partial charge is 0.298 e. The van der Waals surface area contributed by atoms with E-state index in [9.17, 15) is 4.79 Å². The molecule has 1 unspecified atom stereocenters. The summed E-state index contributed by atoms with van der Waals surface area (Å²) in [6.07, 6.45) is 5.77. The highest BCUT2D eigenvalue weighted by atomic mass is 32.1. The number of hydrogen-bond acceptors (Lipinski definition) is 4. The van der Waals surface area contributed by atoms with Gasteiger partial charge in [0.2, 0.25) is 0 Å². The fourth-order valence-electron chi connectivity index (χ4n) is 3.32. The Morgan fingerprint density at radius 2 is 2.00 bits per heavy atom. The lowest BCUT2D eigenvalue weighted by molar-refractivity contribution is 0.102. The molecule has 4 nitrogen and oxygen atoms in total. The van der Waals surface area contributed by atoms with Crippen molar-refractivity contribution in [1.82, 2.24) is 9.88 Å². The minimum atomic E-state index is -0.0994. The molecule has 0 spiro atoms. The summed E-state index contributed by atoms with van der Waals surface area (Å²) in [5.74, 6) is -0.0994. The van der Waals surface area contributed by atoms with E-state index in [1.54, 1.807) is 11.3 Å².